The van der Waals surface area contributed by atoms with Gasteiger partial charge in [-0.15, -0.1) is 0 Å². The van der Waals surface area contributed by atoms with Crippen LogP contribution in [0, 0.1) is 0 Å². The number of pyridine rings is 1. The average Bonchev–Trinajstić information content (AvgIpc) is 2.54. The maximum absolute atomic E-state index is 12.3. The first-order chi connectivity index (χ1) is 11.0. The van der Waals surface area contributed by atoms with Crippen LogP contribution in [0.5, 0.6) is 5.75 Å². The molecule has 0 aliphatic carbocycles. The third kappa shape index (κ3) is 4.79. The highest BCUT2D eigenvalue weighted by Gasteiger charge is 2.15. The van der Waals surface area contributed by atoms with Gasteiger partial charge in [0.25, 0.3) is 5.91 Å². The lowest BCUT2D eigenvalue weighted by molar-refractivity contribution is -0.116. The zero-order valence-corrected chi connectivity index (χ0v) is 14.3. The summed E-state index contributed by atoms with van der Waals surface area (Å²) >= 11 is 3.26. The molecular formula is C16H16BrN3O3. The Morgan fingerprint density at radius 2 is 2.09 bits per heavy atom. The summed E-state index contributed by atoms with van der Waals surface area (Å²) in [7, 11) is 3.12. The van der Waals surface area contributed by atoms with Crippen LogP contribution in [-0.2, 0) is 4.79 Å². The van der Waals surface area contributed by atoms with E-state index in [9.17, 15) is 9.59 Å². The van der Waals surface area contributed by atoms with Crippen molar-refractivity contribution in [2.75, 3.05) is 26.0 Å². The predicted octanol–water partition coefficient (Wildman–Crippen LogP) is 2.56. The molecule has 0 saturated heterocycles. The second-order valence-electron chi connectivity index (χ2n) is 4.83. The standard InChI is InChI=1S/C16H16BrN3O3/c1-20(16(22)11-6-12(17)9-18-8-11)10-15(21)19-13-4-3-5-14(7-13)23-2/h3-9H,10H2,1-2H3,(H,19,21). The summed E-state index contributed by atoms with van der Waals surface area (Å²) < 4.78 is 5.80. The minimum absolute atomic E-state index is 0.0669. The SMILES string of the molecule is COc1cccc(NC(=O)CN(C)C(=O)c2cncc(Br)c2)c1. The number of hydrogen-bond donors (Lipinski definition) is 1. The maximum atomic E-state index is 12.3. The zero-order valence-electron chi connectivity index (χ0n) is 12.7. The Morgan fingerprint density at radius 3 is 2.78 bits per heavy atom. The molecule has 2 amide bonds. The molecular weight excluding hydrogens is 362 g/mol. The fourth-order valence-corrected chi connectivity index (χ4v) is 2.30. The van der Waals surface area contributed by atoms with Gasteiger partial charge in [0.05, 0.1) is 19.2 Å². The van der Waals surface area contributed by atoms with Crippen molar-refractivity contribution in [3.8, 4) is 5.75 Å². The third-order valence-corrected chi connectivity index (χ3v) is 3.47. The molecule has 23 heavy (non-hydrogen) atoms. The monoisotopic (exact) mass is 377 g/mol. The summed E-state index contributed by atoms with van der Waals surface area (Å²) in [6.45, 7) is -0.0669. The molecule has 2 aromatic rings. The van der Waals surface area contributed by atoms with Crippen LogP contribution in [0.25, 0.3) is 0 Å². The first-order valence-corrected chi connectivity index (χ1v) is 7.59. The van der Waals surface area contributed by atoms with Crippen molar-refractivity contribution in [3.05, 3.63) is 52.8 Å². The number of ether oxygens (including phenoxy) is 1. The number of carbonyl (C=O) groups excluding carboxylic acids is 2. The molecule has 0 spiro atoms. The third-order valence-electron chi connectivity index (χ3n) is 3.03. The van der Waals surface area contributed by atoms with Crippen LogP contribution in [0.2, 0.25) is 0 Å². The molecule has 120 valence electrons. The van der Waals surface area contributed by atoms with Gasteiger partial charge < -0.3 is 15.0 Å². The minimum atomic E-state index is -0.294. The maximum Gasteiger partial charge on any atom is 0.255 e. The number of carbonyl (C=O) groups is 2. The van der Waals surface area contributed by atoms with Gasteiger partial charge in [-0.1, -0.05) is 6.07 Å². The first-order valence-electron chi connectivity index (χ1n) is 6.79. The van der Waals surface area contributed by atoms with Crippen LogP contribution in [0.4, 0.5) is 5.69 Å². The summed E-state index contributed by atoms with van der Waals surface area (Å²) in [5.74, 6) is 0.0732. The number of halogens is 1. The quantitative estimate of drug-likeness (QED) is 0.868. The number of nitrogens with zero attached hydrogens (tertiary/aromatic N) is 2. The highest BCUT2D eigenvalue weighted by Crippen LogP contribution is 2.16. The number of aromatic nitrogens is 1. The van der Waals surface area contributed by atoms with Crippen LogP contribution >= 0.6 is 15.9 Å². The van der Waals surface area contributed by atoms with E-state index in [0.29, 0.717) is 21.5 Å². The number of anilines is 1. The number of amides is 2. The van der Waals surface area contributed by atoms with Crippen molar-refractivity contribution in [2.45, 2.75) is 0 Å². The van der Waals surface area contributed by atoms with Crippen molar-refractivity contribution in [1.29, 1.82) is 0 Å². The van der Waals surface area contributed by atoms with E-state index in [1.165, 1.54) is 11.1 Å². The lowest BCUT2D eigenvalue weighted by Crippen LogP contribution is -2.35. The highest BCUT2D eigenvalue weighted by atomic mass is 79.9. The molecule has 1 N–H and O–H groups in total. The van der Waals surface area contributed by atoms with Gasteiger partial charge in [-0.05, 0) is 34.1 Å². The molecule has 6 nitrogen and oxygen atoms in total. The van der Waals surface area contributed by atoms with Crippen LogP contribution in [0.1, 0.15) is 10.4 Å². The molecule has 0 radical (unpaired) electrons. The molecule has 0 bridgehead atoms. The molecule has 2 rings (SSSR count). The molecule has 0 aliphatic heterocycles. The summed E-state index contributed by atoms with van der Waals surface area (Å²) in [6.07, 6.45) is 3.05. The van der Waals surface area contributed by atoms with Gasteiger partial charge in [-0.2, -0.15) is 0 Å². The number of methoxy groups -OCH3 is 1. The van der Waals surface area contributed by atoms with Crippen molar-refractivity contribution >= 4 is 33.4 Å². The Hall–Kier alpha value is -2.41. The molecule has 0 aliphatic rings. The van der Waals surface area contributed by atoms with E-state index in [0.717, 1.165) is 0 Å². The van der Waals surface area contributed by atoms with Crippen molar-refractivity contribution in [1.82, 2.24) is 9.88 Å². The number of likely N-dealkylation sites (N-methyl/N-ethyl adjacent to an activating group) is 1. The van der Waals surface area contributed by atoms with Gasteiger partial charge >= 0.3 is 0 Å². The smallest absolute Gasteiger partial charge is 0.255 e. The van der Waals surface area contributed by atoms with E-state index in [1.54, 1.807) is 50.7 Å². The van der Waals surface area contributed by atoms with Gasteiger partial charge in [0.2, 0.25) is 5.91 Å². The van der Waals surface area contributed by atoms with E-state index in [4.69, 9.17) is 4.74 Å². The van der Waals surface area contributed by atoms with E-state index < -0.39 is 0 Å². The second kappa shape index (κ2) is 7.73. The lowest BCUT2D eigenvalue weighted by atomic mass is 10.2. The number of rotatable bonds is 5. The van der Waals surface area contributed by atoms with Gasteiger partial charge in [0.15, 0.2) is 0 Å². The van der Waals surface area contributed by atoms with Crippen molar-refractivity contribution < 1.29 is 14.3 Å². The van der Waals surface area contributed by atoms with Crippen LogP contribution < -0.4 is 10.1 Å². The Kier molecular flexibility index (Phi) is 5.70. The van der Waals surface area contributed by atoms with Crippen LogP contribution in [-0.4, -0.2) is 42.4 Å². The fourth-order valence-electron chi connectivity index (χ4n) is 1.94. The largest absolute Gasteiger partial charge is 0.497 e. The molecule has 0 fully saturated rings. The molecule has 1 heterocycles. The Labute approximate surface area is 142 Å². The van der Waals surface area contributed by atoms with Crippen molar-refractivity contribution in [2.24, 2.45) is 0 Å². The molecule has 0 saturated carbocycles. The molecule has 0 unspecified atom stereocenters. The summed E-state index contributed by atoms with van der Waals surface area (Å²) in [6, 6.07) is 8.67. The topological polar surface area (TPSA) is 71.5 Å². The Bertz CT molecular complexity index is 721. The lowest BCUT2D eigenvalue weighted by Gasteiger charge is -2.17. The van der Waals surface area contributed by atoms with Gasteiger partial charge in [-0.25, -0.2) is 0 Å². The first kappa shape index (κ1) is 17.0. The van der Waals surface area contributed by atoms with Crippen LogP contribution in [0.3, 0.4) is 0 Å². The van der Waals surface area contributed by atoms with Gasteiger partial charge in [0, 0.05) is 35.7 Å². The predicted molar refractivity (Wildman–Crippen MR) is 90.5 cm³/mol. The van der Waals surface area contributed by atoms with E-state index in [-0.39, 0.29) is 18.4 Å². The number of benzene rings is 1. The van der Waals surface area contributed by atoms with Gasteiger partial charge in [-0.3, -0.25) is 14.6 Å². The normalized spacial score (nSPS) is 10.0. The van der Waals surface area contributed by atoms with E-state index in [2.05, 4.69) is 26.2 Å². The summed E-state index contributed by atoms with van der Waals surface area (Å²) in [5.41, 5.74) is 1.02. The van der Waals surface area contributed by atoms with E-state index >= 15 is 0 Å². The average molecular weight is 378 g/mol. The highest BCUT2D eigenvalue weighted by molar-refractivity contribution is 9.10. The molecule has 1 aromatic heterocycles. The second-order valence-corrected chi connectivity index (χ2v) is 5.75. The van der Waals surface area contributed by atoms with Gasteiger partial charge in [0.1, 0.15) is 5.75 Å². The summed E-state index contributed by atoms with van der Waals surface area (Å²) in [4.78, 5) is 29.6. The fraction of sp³-hybridized carbons (Fsp3) is 0.188. The zero-order chi connectivity index (χ0) is 16.8. The van der Waals surface area contributed by atoms with Crippen molar-refractivity contribution in [3.63, 3.8) is 0 Å². The van der Waals surface area contributed by atoms with E-state index in [1.807, 2.05) is 0 Å². The number of hydrogen-bond acceptors (Lipinski definition) is 4. The summed E-state index contributed by atoms with van der Waals surface area (Å²) in [5, 5.41) is 2.73. The molecule has 1 aromatic carbocycles. The minimum Gasteiger partial charge on any atom is -0.497 e. The number of nitrogens with one attached hydrogen (secondary N) is 1. The Balaban J connectivity index is 1.97. The van der Waals surface area contributed by atoms with Crippen LogP contribution in [0.15, 0.2) is 47.2 Å². The molecule has 7 heteroatoms. The molecule has 0 atom stereocenters. The Morgan fingerprint density at radius 1 is 1.30 bits per heavy atom.